The van der Waals surface area contributed by atoms with Crippen LogP contribution in [0.2, 0.25) is 0 Å². The highest BCUT2D eigenvalue weighted by Gasteiger charge is 2.27. The summed E-state index contributed by atoms with van der Waals surface area (Å²) in [4.78, 5) is 23.8. The highest BCUT2D eigenvalue weighted by molar-refractivity contribution is 5.93. The highest BCUT2D eigenvalue weighted by Crippen LogP contribution is 2.13. The van der Waals surface area contributed by atoms with E-state index < -0.39 is 24.1 Å². The molecule has 4 heteroatoms. The maximum absolute atomic E-state index is 12.0. The maximum Gasteiger partial charge on any atom is 0.338 e. The number of carbonyl (C=O) groups excluding carboxylic acids is 2. The summed E-state index contributed by atoms with van der Waals surface area (Å²) >= 11 is 0. The van der Waals surface area contributed by atoms with Crippen molar-refractivity contribution in [2.75, 3.05) is 0 Å². The van der Waals surface area contributed by atoms with E-state index in [4.69, 9.17) is 4.74 Å². The van der Waals surface area contributed by atoms with Gasteiger partial charge in [-0.3, -0.25) is 4.79 Å². The van der Waals surface area contributed by atoms with Gasteiger partial charge in [0, 0.05) is 5.92 Å². The van der Waals surface area contributed by atoms with E-state index in [1.165, 1.54) is 6.92 Å². The lowest BCUT2D eigenvalue weighted by Gasteiger charge is -2.20. The molecule has 0 amide bonds. The molecule has 0 saturated carbocycles. The molecular weight excluding hydrogens is 244 g/mol. The Morgan fingerprint density at radius 1 is 1.21 bits per heavy atom. The number of ether oxygens (including phenoxy) is 1. The number of hydrogen-bond donors (Lipinski definition) is 1. The molecule has 1 N–H and O–H groups in total. The van der Waals surface area contributed by atoms with Crippen molar-refractivity contribution in [1.82, 2.24) is 0 Å². The van der Waals surface area contributed by atoms with Crippen molar-refractivity contribution in [3.8, 4) is 0 Å². The van der Waals surface area contributed by atoms with Crippen LogP contribution in [-0.4, -0.2) is 29.1 Å². The van der Waals surface area contributed by atoms with Crippen molar-refractivity contribution >= 4 is 11.8 Å². The zero-order valence-corrected chi connectivity index (χ0v) is 11.5. The molecule has 19 heavy (non-hydrogen) atoms. The van der Waals surface area contributed by atoms with E-state index in [1.54, 1.807) is 44.2 Å². The summed E-state index contributed by atoms with van der Waals surface area (Å²) in [7, 11) is 0. The zero-order valence-electron chi connectivity index (χ0n) is 11.5. The third-order valence-corrected chi connectivity index (χ3v) is 3.14. The smallest absolute Gasteiger partial charge is 0.338 e. The summed E-state index contributed by atoms with van der Waals surface area (Å²) < 4.78 is 5.11. The van der Waals surface area contributed by atoms with Crippen LogP contribution in [0.15, 0.2) is 30.3 Å². The Morgan fingerprint density at radius 2 is 1.79 bits per heavy atom. The van der Waals surface area contributed by atoms with Crippen molar-refractivity contribution < 1.29 is 19.4 Å². The van der Waals surface area contributed by atoms with E-state index in [0.29, 0.717) is 12.0 Å². The minimum absolute atomic E-state index is 0.265. The summed E-state index contributed by atoms with van der Waals surface area (Å²) in [6.45, 7) is 4.97. The lowest BCUT2D eigenvalue weighted by molar-refractivity contribution is -0.133. The van der Waals surface area contributed by atoms with Crippen LogP contribution in [0.25, 0.3) is 0 Å². The number of rotatable bonds is 6. The molecular formula is C15H20O4. The van der Waals surface area contributed by atoms with E-state index in [2.05, 4.69) is 0 Å². The van der Waals surface area contributed by atoms with Gasteiger partial charge in [-0.25, -0.2) is 4.79 Å². The van der Waals surface area contributed by atoms with Gasteiger partial charge in [0.1, 0.15) is 0 Å². The first-order chi connectivity index (χ1) is 8.97. The Kier molecular flexibility index (Phi) is 5.70. The van der Waals surface area contributed by atoms with Gasteiger partial charge in [0.05, 0.1) is 11.7 Å². The first-order valence-corrected chi connectivity index (χ1v) is 6.45. The molecule has 1 aromatic carbocycles. The minimum atomic E-state index is -0.857. The molecule has 1 rings (SSSR count). The van der Waals surface area contributed by atoms with Crippen LogP contribution < -0.4 is 0 Å². The third kappa shape index (κ3) is 4.17. The second-order valence-electron chi connectivity index (χ2n) is 4.58. The number of esters is 1. The first kappa shape index (κ1) is 15.4. The second-order valence-corrected chi connectivity index (χ2v) is 4.58. The molecule has 0 fully saturated rings. The Labute approximate surface area is 113 Å². The summed E-state index contributed by atoms with van der Waals surface area (Å²) in [5.74, 6) is -1.33. The van der Waals surface area contributed by atoms with Crippen molar-refractivity contribution in [3.05, 3.63) is 35.9 Å². The Balaban J connectivity index is 2.62. The van der Waals surface area contributed by atoms with E-state index in [1.807, 2.05) is 0 Å². The standard InChI is InChI=1S/C15H20O4/c1-4-13(16)10(2)14(17)11(3)19-15(18)12-8-6-5-7-9-12/h5-11,13,16H,4H2,1-3H3/t10-,11+,13-/m0/s1. The van der Waals surface area contributed by atoms with Gasteiger partial charge >= 0.3 is 5.97 Å². The van der Waals surface area contributed by atoms with E-state index in [-0.39, 0.29) is 5.78 Å². The molecule has 0 saturated heterocycles. The van der Waals surface area contributed by atoms with Crippen molar-refractivity contribution in [2.45, 2.75) is 39.4 Å². The molecule has 1 aromatic rings. The van der Waals surface area contributed by atoms with Gasteiger partial charge in [-0.05, 0) is 25.5 Å². The molecule has 0 spiro atoms. The Bertz CT molecular complexity index is 427. The second kappa shape index (κ2) is 7.04. The molecule has 0 aliphatic rings. The van der Waals surface area contributed by atoms with Gasteiger partial charge < -0.3 is 9.84 Å². The molecule has 0 aromatic heterocycles. The monoisotopic (exact) mass is 264 g/mol. The lowest BCUT2D eigenvalue weighted by atomic mass is 9.95. The van der Waals surface area contributed by atoms with E-state index in [0.717, 1.165) is 0 Å². The van der Waals surface area contributed by atoms with E-state index >= 15 is 0 Å². The summed E-state index contributed by atoms with van der Waals surface area (Å²) in [6, 6.07) is 8.51. The summed E-state index contributed by atoms with van der Waals surface area (Å²) in [5, 5.41) is 9.64. The fraction of sp³-hybridized carbons (Fsp3) is 0.467. The van der Waals surface area contributed by atoms with Gasteiger partial charge in [-0.1, -0.05) is 32.0 Å². The summed E-state index contributed by atoms with van der Waals surface area (Å²) in [6.07, 6.45) is -1.07. The molecule has 3 atom stereocenters. The molecule has 0 aliphatic carbocycles. The third-order valence-electron chi connectivity index (χ3n) is 3.14. The fourth-order valence-corrected chi connectivity index (χ4v) is 1.77. The van der Waals surface area contributed by atoms with E-state index in [9.17, 15) is 14.7 Å². The number of ketones is 1. The van der Waals surface area contributed by atoms with Crippen LogP contribution in [0.4, 0.5) is 0 Å². The largest absolute Gasteiger partial charge is 0.451 e. The van der Waals surface area contributed by atoms with Gasteiger partial charge in [-0.2, -0.15) is 0 Å². The zero-order chi connectivity index (χ0) is 14.4. The van der Waals surface area contributed by atoms with Crippen molar-refractivity contribution in [1.29, 1.82) is 0 Å². The number of aliphatic hydroxyl groups excluding tert-OH is 1. The minimum Gasteiger partial charge on any atom is -0.451 e. The number of aliphatic hydroxyl groups is 1. The van der Waals surface area contributed by atoms with Crippen molar-refractivity contribution in [2.24, 2.45) is 5.92 Å². The van der Waals surface area contributed by atoms with Gasteiger partial charge in [-0.15, -0.1) is 0 Å². The SMILES string of the molecule is CC[C@H](O)[C@H](C)C(=O)[C@@H](C)OC(=O)c1ccccc1. The predicted octanol–water partition coefficient (Wildman–Crippen LogP) is 2.21. The number of carbonyl (C=O) groups is 2. The highest BCUT2D eigenvalue weighted by atomic mass is 16.5. The molecule has 0 radical (unpaired) electrons. The number of benzene rings is 1. The van der Waals surface area contributed by atoms with Gasteiger partial charge in [0.2, 0.25) is 0 Å². The number of hydrogen-bond acceptors (Lipinski definition) is 4. The molecule has 0 unspecified atom stereocenters. The van der Waals surface area contributed by atoms with Crippen LogP contribution in [0.1, 0.15) is 37.6 Å². The molecule has 0 heterocycles. The van der Waals surface area contributed by atoms with Crippen molar-refractivity contribution in [3.63, 3.8) is 0 Å². The predicted molar refractivity (Wildman–Crippen MR) is 71.8 cm³/mol. The van der Waals surface area contributed by atoms with Crippen LogP contribution in [-0.2, 0) is 9.53 Å². The first-order valence-electron chi connectivity index (χ1n) is 6.45. The Morgan fingerprint density at radius 3 is 2.32 bits per heavy atom. The summed E-state index contributed by atoms with van der Waals surface area (Å²) in [5.41, 5.74) is 0.408. The molecule has 0 bridgehead atoms. The number of Topliss-reactive ketones (excluding diaryl/α,β-unsaturated/α-hetero) is 1. The van der Waals surface area contributed by atoms with Gasteiger partial charge in [0.15, 0.2) is 11.9 Å². The van der Waals surface area contributed by atoms with Crippen LogP contribution in [0, 0.1) is 5.92 Å². The molecule has 104 valence electrons. The fourth-order valence-electron chi connectivity index (χ4n) is 1.77. The average Bonchev–Trinajstić information content (AvgIpc) is 2.45. The van der Waals surface area contributed by atoms with Crippen LogP contribution in [0.3, 0.4) is 0 Å². The quantitative estimate of drug-likeness (QED) is 0.800. The van der Waals surface area contributed by atoms with Crippen LogP contribution >= 0.6 is 0 Å². The van der Waals surface area contributed by atoms with Gasteiger partial charge in [0.25, 0.3) is 0 Å². The Hall–Kier alpha value is -1.68. The average molecular weight is 264 g/mol. The normalized spacial score (nSPS) is 15.4. The molecule has 4 nitrogen and oxygen atoms in total. The molecule has 0 aliphatic heterocycles. The van der Waals surface area contributed by atoms with Crippen LogP contribution in [0.5, 0.6) is 0 Å². The lowest BCUT2D eigenvalue weighted by Crippen LogP contribution is -2.34. The topological polar surface area (TPSA) is 63.6 Å². The maximum atomic E-state index is 12.0.